The van der Waals surface area contributed by atoms with E-state index in [0.717, 1.165) is 0 Å². The molecule has 0 saturated carbocycles. The number of carbonyl (C=O) groups is 1. The predicted molar refractivity (Wildman–Crippen MR) is 68.8 cm³/mol. The van der Waals surface area contributed by atoms with Crippen LogP contribution in [0.4, 0.5) is 27.6 Å². The first-order valence-electron chi connectivity index (χ1n) is 6.29. The summed E-state index contributed by atoms with van der Waals surface area (Å²) in [6, 6.07) is -1.26. The monoisotopic (exact) mass is 326 g/mol. The van der Waals surface area contributed by atoms with Gasteiger partial charge in [0, 0.05) is 0 Å². The molecule has 0 heterocycles. The zero-order chi connectivity index (χ0) is 17.0. The van der Waals surface area contributed by atoms with Gasteiger partial charge >= 0.3 is 0 Å². The van der Waals surface area contributed by atoms with E-state index >= 15 is 0 Å². The molecule has 6 N–H and O–H groups in total. The maximum Gasteiger partial charge on any atom is 0.258 e. The maximum absolute atomic E-state index is 13.5. The van der Waals surface area contributed by atoms with Gasteiger partial charge in [-0.15, -0.1) is 0 Å². The van der Waals surface area contributed by atoms with E-state index in [1.54, 1.807) is 0 Å². The molecule has 0 aliphatic heterocycles. The number of benzene rings is 1. The molecule has 0 aliphatic carbocycles. The summed E-state index contributed by atoms with van der Waals surface area (Å²) in [6.45, 7) is 0.352. The van der Waals surface area contributed by atoms with Crippen LogP contribution in [-0.4, -0.2) is 18.5 Å². The molecule has 0 radical (unpaired) electrons. The van der Waals surface area contributed by atoms with Gasteiger partial charge in [0.2, 0.25) is 5.82 Å². The van der Waals surface area contributed by atoms with Gasteiger partial charge in [-0.2, -0.15) is 0 Å². The molecule has 1 atom stereocenters. The van der Waals surface area contributed by atoms with Crippen molar-refractivity contribution in [3.05, 3.63) is 29.1 Å². The zero-order valence-electron chi connectivity index (χ0n) is 11.4. The summed E-state index contributed by atoms with van der Waals surface area (Å²) in [5.41, 5.74) is 9.19. The standard InChI is InChI=1S/C12H15F5N4O/c13-6-7(14)9(16)11(10(17)8(6)15)21(20)12(22)5(19)3-1-2-4-18/h5H,1-4,18-20H2/t5-/m0/s1. The molecule has 0 aromatic heterocycles. The third-order valence-electron chi connectivity index (χ3n) is 2.95. The predicted octanol–water partition coefficient (Wildman–Crippen LogP) is 1.05. The van der Waals surface area contributed by atoms with Crippen molar-refractivity contribution in [2.75, 3.05) is 11.6 Å². The van der Waals surface area contributed by atoms with Crippen LogP contribution >= 0.6 is 0 Å². The van der Waals surface area contributed by atoms with Gasteiger partial charge in [0.1, 0.15) is 5.69 Å². The Morgan fingerprint density at radius 1 is 0.955 bits per heavy atom. The van der Waals surface area contributed by atoms with Gasteiger partial charge in [0.05, 0.1) is 6.04 Å². The molecular weight excluding hydrogens is 311 g/mol. The zero-order valence-corrected chi connectivity index (χ0v) is 11.4. The molecule has 0 aliphatic rings. The summed E-state index contributed by atoms with van der Waals surface area (Å²) >= 11 is 0. The topological polar surface area (TPSA) is 98.4 Å². The lowest BCUT2D eigenvalue weighted by molar-refractivity contribution is -0.120. The SMILES string of the molecule is NCCCC[C@H](N)C(=O)N(N)c1c(F)c(F)c(F)c(F)c1F. The Labute approximate surface area is 122 Å². The first-order valence-corrected chi connectivity index (χ1v) is 6.29. The highest BCUT2D eigenvalue weighted by Gasteiger charge is 2.32. The minimum absolute atomic E-state index is 0.0964. The van der Waals surface area contributed by atoms with E-state index in [1.807, 2.05) is 0 Å². The molecule has 1 amide bonds. The first-order chi connectivity index (χ1) is 10.2. The quantitative estimate of drug-likeness (QED) is 0.138. The number of hydrogen-bond donors (Lipinski definition) is 3. The summed E-state index contributed by atoms with van der Waals surface area (Å²) in [6.07, 6.45) is 1.08. The lowest BCUT2D eigenvalue weighted by Gasteiger charge is -2.22. The number of nitrogens with zero attached hydrogens (tertiary/aromatic N) is 1. The average molecular weight is 326 g/mol. The van der Waals surface area contributed by atoms with Crippen molar-refractivity contribution in [3.63, 3.8) is 0 Å². The van der Waals surface area contributed by atoms with Crippen molar-refractivity contribution >= 4 is 11.6 Å². The van der Waals surface area contributed by atoms with Gasteiger partial charge in [-0.3, -0.25) is 4.79 Å². The summed E-state index contributed by atoms with van der Waals surface area (Å²) < 4.78 is 66.1. The molecule has 124 valence electrons. The van der Waals surface area contributed by atoms with Crippen LogP contribution in [-0.2, 0) is 4.79 Å². The Balaban J connectivity index is 3.08. The highest BCUT2D eigenvalue weighted by molar-refractivity contribution is 5.96. The second-order valence-corrected chi connectivity index (χ2v) is 4.52. The summed E-state index contributed by atoms with van der Waals surface area (Å²) in [4.78, 5) is 11.8. The third kappa shape index (κ3) is 3.51. The molecule has 5 nitrogen and oxygen atoms in total. The van der Waals surface area contributed by atoms with Crippen molar-refractivity contribution in [2.24, 2.45) is 17.3 Å². The van der Waals surface area contributed by atoms with E-state index in [2.05, 4.69) is 0 Å². The van der Waals surface area contributed by atoms with Gasteiger partial charge in [-0.1, -0.05) is 6.42 Å². The minimum Gasteiger partial charge on any atom is -0.330 e. The minimum atomic E-state index is -2.34. The summed E-state index contributed by atoms with van der Waals surface area (Å²) in [7, 11) is 0. The van der Waals surface area contributed by atoms with Gasteiger partial charge < -0.3 is 11.5 Å². The molecular formula is C12H15F5N4O. The Morgan fingerprint density at radius 3 is 1.86 bits per heavy atom. The second kappa shape index (κ2) is 7.47. The van der Waals surface area contributed by atoms with Crippen LogP contribution in [0.25, 0.3) is 0 Å². The van der Waals surface area contributed by atoms with Crippen molar-refractivity contribution in [1.29, 1.82) is 0 Å². The Kier molecular flexibility index (Phi) is 6.21. The van der Waals surface area contributed by atoms with E-state index in [0.29, 0.717) is 19.4 Å². The number of rotatable bonds is 6. The second-order valence-electron chi connectivity index (χ2n) is 4.52. The first kappa shape index (κ1) is 18.3. The molecule has 10 heteroatoms. The van der Waals surface area contributed by atoms with Crippen molar-refractivity contribution in [3.8, 4) is 0 Å². The number of carbonyl (C=O) groups excluding carboxylic acids is 1. The van der Waals surface area contributed by atoms with E-state index in [1.165, 1.54) is 0 Å². The molecule has 0 bridgehead atoms. The summed E-state index contributed by atoms with van der Waals surface area (Å²) in [5, 5.41) is -0.163. The van der Waals surface area contributed by atoms with Crippen LogP contribution in [0.15, 0.2) is 0 Å². The lowest BCUT2D eigenvalue weighted by Crippen LogP contribution is -2.49. The molecule has 0 saturated heterocycles. The van der Waals surface area contributed by atoms with Crippen LogP contribution in [0, 0.1) is 29.1 Å². The third-order valence-corrected chi connectivity index (χ3v) is 2.95. The van der Waals surface area contributed by atoms with Crippen LogP contribution in [0.1, 0.15) is 19.3 Å². The van der Waals surface area contributed by atoms with Crippen molar-refractivity contribution in [1.82, 2.24) is 0 Å². The van der Waals surface area contributed by atoms with Crippen LogP contribution < -0.4 is 22.3 Å². The van der Waals surface area contributed by atoms with Crippen LogP contribution in [0.2, 0.25) is 0 Å². The smallest absolute Gasteiger partial charge is 0.258 e. The largest absolute Gasteiger partial charge is 0.330 e. The van der Waals surface area contributed by atoms with Gasteiger partial charge in [0.25, 0.3) is 5.91 Å². The normalized spacial score (nSPS) is 12.4. The number of hydrazine groups is 1. The lowest BCUT2D eigenvalue weighted by atomic mass is 10.1. The molecule has 22 heavy (non-hydrogen) atoms. The fourth-order valence-electron chi connectivity index (χ4n) is 1.73. The maximum atomic E-state index is 13.5. The van der Waals surface area contributed by atoms with E-state index < -0.39 is 46.7 Å². The highest BCUT2D eigenvalue weighted by atomic mass is 19.2. The highest BCUT2D eigenvalue weighted by Crippen LogP contribution is 2.29. The van der Waals surface area contributed by atoms with Crippen molar-refractivity contribution < 1.29 is 26.7 Å². The van der Waals surface area contributed by atoms with Crippen molar-refractivity contribution in [2.45, 2.75) is 25.3 Å². The fourth-order valence-corrected chi connectivity index (χ4v) is 1.73. The van der Waals surface area contributed by atoms with Crippen LogP contribution in [0.3, 0.4) is 0 Å². The van der Waals surface area contributed by atoms with Crippen LogP contribution in [0.5, 0.6) is 0 Å². The van der Waals surface area contributed by atoms with E-state index in [4.69, 9.17) is 17.3 Å². The van der Waals surface area contributed by atoms with Gasteiger partial charge in [-0.25, -0.2) is 32.8 Å². The Bertz CT molecular complexity index is 540. The number of halogens is 5. The fraction of sp³-hybridized carbons (Fsp3) is 0.417. The number of amides is 1. The Morgan fingerprint density at radius 2 is 1.41 bits per heavy atom. The number of anilines is 1. The molecule has 0 spiro atoms. The number of nitrogens with two attached hydrogens (primary N) is 3. The molecule has 1 rings (SSSR count). The number of hydrogen-bond acceptors (Lipinski definition) is 4. The molecule has 1 aromatic rings. The van der Waals surface area contributed by atoms with E-state index in [-0.39, 0.29) is 11.4 Å². The summed E-state index contributed by atoms with van der Waals surface area (Å²) in [5.74, 6) is -7.16. The number of unbranched alkanes of at least 4 members (excludes halogenated alkanes) is 1. The van der Waals surface area contributed by atoms with Gasteiger partial charge in [-0.05, 0) is 19.4 Å². The molecule has 0 fully saturated rings. The Hall–Kier alpha value is -1.78. The van der Waals surface area contributed by atoms with Gasteiger partial charge in [0.15, 0.2) is 23.3 Å². The average Bonchev–Trinajstić information content (AvgIpc) is 2.50. The molecule has 1 aromatic carbocycles. The van der Waals surface area contributed by atoms with E-state index in [9.17, 15) is 26.7 Å². The molecule has 0 unspecified atom stereocenters.